The summed E-state index contributed by atoms with van der Waals surface area (Å²) in [6, 6.07) is 0. The normalized spacial score (nSPS) is 24.5. The molecule has 1 aliphatic carbocycles. The van der Waals surface area contributed by atoms with Gasteiger partial charge in [0.25, 0.3) is 0 Å². The molecule has 0 aromatic carbocycles. The predicted molar refractivity (Wildman–Crippen MR) is 57.2 cm³/mol. The molecule has 0 aliphatic heterocycles. The van der Waals surface area contributed by atoms with Gasteiger partial charge in [-0.25, -0.2) is 0 Å². The van der Waals surface area contributed by atoms with Gasteiger partial charge in [-0.2, -0.15) is 0 Å². The largest absolute Gasteiger partial charge is 0.481 e. The maximum absolute atomic E-state index is 11.0. The fourth-order valence-electron chi connectivity index (χ4n) is 2.53. The summed E-state index contributed by atoms with van der Waals surface area (Å²) in [4.78, 5) is 11.0. The number of rotatable bonds is 3. The van der Waals surface area contributed by atoms with Gasteiger partial charge in [-0.05, 0) is 43.4 Å². The van der Waals surface area contributed by atoms with Crippen molar-refractivity contribution in [2.45, 2.75) is 52.9 Å². The van der Waals surface area contributed by atoms with Crippen LogP contribution in [0.5, 0.6) is 0 Å². The first-order valence-electron chi connectivity index (χ1n) is 5.69. The van der Waals surface area contributed by atoms with Crippen molar-refractivity contribution in [2.75, 3.05) is 0 Å². The molecule has 0 bridgehead atoms. The van der Waals surface area contributed by atoms with Crippen LogP contribution in [0.15, 0.2) is 0 Å². The molecule has 82 valence electrons. The Balaban J connectivity index is 2.51. The van der Waals surface area contributed by atoms with Crippen LogP contribution < -0.4 is 0 Å². The van der Waals surface area contributed by atoms with Crippen molar-refractivity contribution in [3.63, 3.8) is 0 Å². The lowest BCUT2D eigenvalue weighted by Crippen LogP contribution is -2.29. The van der Waals surface area contributed by atoms with Crippen molar-refractivity contribution >= 4 is 5.97 Å². The molecule has 1 N–H and O–H groups in total. The van der Waals surface area contributed by atoms with E-state index in [1.807, 2.05) is 6.92 Å². The van der Waals surface area contributed by atoms with Crippen LogP contribution >= 0.6 is 0 Å². The molecule has 2 nitrogen and oxygen atoms in total. The third-order valence-corrected chi connectivity index (χ3v) is 3.71. The van der Waals surface area contributed by atoms with E-state index in [9.17, 15) is 4.79 Å². The fourth-order valence-corrected chi connectivity index (χ4v) is 2.53. The van der Waals surface area contributed by atoms with Gasteiger partial charge in [0.1, 0.15) is 0 Å². The third kappa shape index (κ3) is 2.73. The zero-order valence-electron chi connectivity index (χ0n) is 9.55. The first kappa shape index (κ1) is 11.5. The van der Waals surface area contributed by atoms with Gasteiger partial charge in [0.05, 0.1) is 5.92 Å². The van der Waals surface area contributed by atoms with Crippen molar-refractivity contribution in [3.8, 4) is 0 Å². The molecule has 0 saturated heterocycles. The van der Waals surface area contributed by atoms with E-state index in [1.165, 1.54) is 12.8 Å². The van der Waals surface area contributed by atoms with Crippen LogP contribution in [0.4, 0.5) is 0 Å². The number of carboxylic acids is 1. The SMILES string of the molecule is CCC(C(=O)O)C1CCC(C)(C)CC1. The van der Waals surface area contributed by atoms with E-state index in [1.54, 1.807) is 0 Å². The van der Waals surface area contributed by atoms with Crippen LogP contribution in [0.25, 0.3) is 0 Å². The van der Waals surface area contributed by atoms with Gasteiger partial charge < -0.3 is 5.11 Å². The summed E-state index contributed by atoms with van der Waals surface area (Å²) in [6.07, 6.45) is 5.33. The van der Waals surface area contributed by atoms with Crippen LogP contribution in [0.1, 0.15) is 52.9 Å². The molecule has 1 rings (SSSR count). The molecule has 1 unspecified atom stereocenters. The maximum Gasteiger partial charge on any atom is 0.306 e. The van der Waals surface area contributed by atoms with Crippen LogP contribution in [0.3, 0.4) is 0 Å². The topological polar surface area (TPSA) is 37.3 Å². The van der Waals surface area contributed by atoms with Crippen LogP contribution in [-0.2, 0) is 4.79 Å². The zero-order chi connectivity index (χ0) is 10.8. The number of carbonyl (C=O) groups is 1. The predicted octanol–water partition coefficient (Wildman–Crippen LogP) is 3.31. The highest BCUT2D eigenvalue weighted by atomic mass is 16.4. The molecular weight excluding hydrogens is 176 g/mol. The smallest absolute Gasteiger partial charge is 0.306 e. The second-order valence-corrected chi connectivity index (χ2v) is 5.35. The second-order valence-electron chi connectivity index (χ2n) is 5.35. The van der Waals surface area contributed by atoms with Gasteiger partial charge in [0, 0.05) is 0 Å². The van der Waals surface area contributed by atoms with Gasteiger partial charge >= 0.3 is 5.97 Å². The van der Waals surface area contributed by atoms with Crippen molar-refractivity contribution in [3.05, 3.63) is 0 Å². The molecule has 1 fully saturated rings. The van der Waals surface area contributed by atoms with Gasteiger partial charge in [0.15, 0.2) is 0 Å². The highest BCUT2D eigenvalue weighted by Gasteiger charge is 2.33. The van der Waals surface area contributed by atoms with Gasteiger partial charge in [-0.15, -0.1) is 0 Å². The van der Waals surface area contributed by atoms with Crippen molar-refractivity contribution in [2.24, 2.45) is 17.3 Å². The second kappa shape index (κ2) is 4.33. The van der Waals surface area contributed by atoms with E-state index in [4.69, 9.17) is 5.11 Å². The molecule has 1 atom stereocenters. The number of aliphatic carboxylic acids is 1. The molecule has 0 spiro atoms. The summed E-state index contributed by atoms with van der Waals surface area (Å²) in [7, 11) is 0. The molecule has 2 heteroatoms. The first-order chi connectivity index (χ1) is 6.46. The van der Waals surface area contributed by atoms with Gasteiger partial charge in [0.2, 0.25) is 0 Å². The Hall–Kier alpha value is -0.530. The lowest BCUT2D eigenvalue weighted by atomic mass is 9.69. The van der Waals surface area contributed by atoms with Crippen molar-refractivity contribution < 1.29 is 9.90 Å². The van der Waals surface area contributed by atoms with E-state index < -0.39 is 5.97 Å². The Morgan fingerprint density at radius 3 is 2.29 bits per heavy atom. The summed E-state index contributed by atoms with van der Waals surface area (Å²) in [5.41, 5.74) is 0.438. The van der Waals surface area contributed by atoms with Crippen molar-refractivity contribution in [1.29, 1.82) is 0 Å². The zero-order valence-corrected chi connectivity index (χ0v) is 9.55. The molecule has 0 heterocycles. The van der Waals surface area contributed by atoms with Crippen molar-refractivity contribution in [1.82, 2.24) is 0 Å². The van der Waals surface area contributed by atoms with Crippen LogP contribution in [-0.4, -0.2) is 11.1 Å². The molecule has 0 aromatic heterocycles. The van der Waals surface area contributed by atoms with E-state index in [0.29, 0.717) is 11.3 Å². The number of hydrogen-bond acceptors (Lipinski definition) is 1. The summed E-state index contributed by atoms with van der Waals surface area (Å²) in [5.74, 6) is -0.283. The molecule has 1 saturated carbocycles. The standard InChI is InChI=1S/C12H22O2/c1-4-10(11(13)14)9-5-7-12(2,3)8-6-9/h9-10H,4-8H2,1-3H3,(H,13,14). The quantitative estimate of drug-likeness (QED) is 0.755. The van der Waals surface area contributed by atoms with Crippen LogP contribution in [0.2, 0.25) is 0 Å². The molecule has 1 aliphatic rings. The Labute approximate surface area is 86.7 Å². The van der Waals surface area contributed by atoms with Gasteiger partial charge in [-0.3, -0.25) is 4.79 Å². The summed E-state index contributed by atoms with van der Waals surface area (Å²) < 4.78 is 0. The average Bonchev–Trinajstić information content (AvgIpc) is 2.08. The first-order valence-corrected chi connectivity index (χ1v) is 5.69. The lowest BCUT2D eigenvalue weighted by Gasteiger charge is -2.36. The van der Waals surface area contributed by atoms with E-state index in [0.717, 1.165) is 19.3 Å². The average molecular weight is 198 g/mol. The maximum atomic E-state index is 11.0. The van der Waals surface area contributed by atoms with E-state index in [-0.39, 0.29) is 5.92 Å². The number of hydrogen-bond donors (Lipinski definition) is 1. The Kier molecular flexibility index (Phi) is 3.57. The Morgan fingerprint density at radius 1 is 1.43 bits per heavy atom. The monoisotopic (exact) mass is 198 g/mol. The molecule has 0 radical (unpaired) electrons. The number of carboxylic acid groups (broad SMARTS) is 1. The molecular formula is C12H22O2. The summed E-state index contributed by atoms with van der Waals surface area (Å²) in [6.45, 7) is 6.55. The molecule has 14 heavy (non-hydrogen) atoms. The Morgan fingerprint density at radius 2 is 1.93 bits per heavy atom. The Bertz CT molecular complexity index is 198. The third-order valence-electron chi connectivity index (χ3n) is 3.71. The van der Waals surface area contributed by atoms with Crippen LogP contribution in [0, 0.1) is 17.3 Å². The fraction of sp³-hybridized carbons (Fsp3) is 0.917. The highest BCUT2D eigenvalue weighted by Crippen LogP contribution is 2.41. The minimum atomic E-state index is -0.600. The minimum absolute atomic E-state index is 0.105. The molecule has 0 aromatic rings. The van der Waals surface area contributed by atoms with Gasteiger partial charge in [-0.1, -0.05) is 20.8 Å². The summed E-state index contributed by atoms with van der Waals surface area (Å²) in [5, 5.41) is 9.06. The minimum Gasteiger partial charge on any atom is -0.481 e. The van der Waals surface area contributed by atoms with E-state index >= 15 is 0 Å². The molecule has 0 amide bonds. The highest BCUT2D eigenvalue weighted by molar-refractivity contribution is 5.70. The van der Waals surface area contributed by atoms with E-state index in [2.05, 4.69) is 13.8 Å². The lowest BCUT2D eigenvalue weighted by molar-refractivity contribution is -0.144. The summed E-state index contributed by atoms with van der Waals surface area (Å²) >= 11 is 0.